The Morgan fingerprint density at radius 1 is 1.43 bits per heavy atom. The summed E-state index contributed by atoms with van der Waals surface area (Å²) in [6, 6.07) is 2.81. The number of hydrogen-bond donors (Lipinski definition) is 2. The lowest BCUT2D eigenvalue weighted by atomic mass is 9.97. The van der Waals surface area contributed by atoms with E-state index in [-0.39, 0.29) is 22.6 Å². The number of halogens is 2. The molecule has 2 atom stereocenters. The van der Waals surface area contributed by atoms with Crippen molar-refractivity contribution in [3.8, 4) is 0 Å². The van der Waals surface area contributed by atoms with Gasteiger partial charge < -0.3 is 10.5 Å². The summed E-state index contributed by atoms with van der Waals surface area (Å²) in [7, 11) is -3.79. The number of hydrogen-bond acceptors (Lipinski definition) is 4. The maximum Gasteiger partial charge on any atom is 0.242 e. The fourth-order valence-electron chi connectivity index (χ4n) is 2.26. The minimum Gasteiger partial charge on any atom is -0.376 e. The molecule has 8 heteroatoms. The first-order chi connectivity index (χ1) is 9.69. The molecule has 3 N–H and O–H groups in total. The summed E-state index contributed by atoms with van der Waals surface area (Å²) in [6.45, 7) is 4.30. The molecule has 0 radical (unpaired) electrons. The molecule has 0 saturated carbocycles. The van der Waals surface area contributed by atoms with Crippen LogP contribution in [0.25, 0.3) is 0 Å². The molecule has 21 heavy (non-hydrogen) atoms. The van der Waals surface area contributed by atoms with E-state index in [0.717, 1.165) is 0 Å². The van der Waals surface area contributed by atoms with Crippen LogP contribution in [0.4, 0.5) is 0 Å². The lowest BCUT2D eigenvalue weighted by Crippen LogP contribution is -2.50. The summed E-state index contributed by atoms with van der Waals surface area (Å²) in [5.41, 5.74) is 5.43. The standard InChI is InChI=1S/C13H18Cl2N2O3S/c1-8-13(2,3-4-20-8)17-21(18,19)12-5-9(7-16)10(14)6-11(12)15/h5-6,8,17H,3-4,7,16H2,1-2H3. The van der Waals surface area contributed by atoms with E-state index in [9.17, 15) is 8.42 Å². The lowest BCUT2D eigenvalue weighted by molar-refractivity contribution is 0.0957. The molecule has 0 aromatic heterocycles. The molecule has 1 heterocycles. The highest BCUT2D eigenvalue weighted by molar-refractivity contribution is 7.89. The van der Waals surface area contributed by atoms with Gasteiger partial charge in [-0.2, -0.15) is 0 Å². The number of rotatable bonds is 4. The summed E-state index contributed by atoms with van der Waals surface area (Å²) in [4.78, 5) is -0.0191. The van der Waals surface area contributed by atoms with Gasteiger partial charge in [-0.1, -0.05) is 23.2 Å². The van der Waals surface area contributed by atoms with Gasteiger partial charge in [0.05, 0.1) is 16.7 Å². The molecule has 2 rings (SSSR count). The SMILES string of the molecule is CC1OCCC1(C)NS(=O)(=O)c1cc(CN)c(Cl)cc1Cl. The van der Waals surface area contributed by atoms with Crippen molar-refractivity contribution in [2.45, 2.75) is 43.4 Å². The molecule has 0 aliphatic carbocycles. The van der Waals surface area contributed by atoms with E-state index in [1.165, 1.54) is 12.1 Å². The fraction of sp³-hybridized carbons (Fsp3) is 0.538. The van der Waals surface area contributed by atoms with Crippen LogP contribution in [0, 0.1) is 0 Å². The minimum absolute atomic E-state index is 0.0191. The Kier molecular flexibility index (Phi) is 4.87. The van der Waals surface area contributed by atoms with Gasteiger partial charge in [0.25, 0.3) is 0 Å². The normalized spacial score (nSPS) is 26.2. The van der Waals surface area contributed by atoms with E-state index in [2.05, 4.69) is 4.72 Å². The van der Waals surface area contributed by atoms with Crippen LogP contribution in [-0.4, -0.2) is 26.7 Å². The second-order valence-corrected chi connectivity index (χ2v) is 7.83. The van der Waals surface area contributed by atoms with Crippen molar-refractivity contribution in [3.05, 3.63) is 27.7 Å². The zero-order chi connectivity index (χ0) is 15.8. The molecule has 1 aromatic rings. The zero-order valence-electron chi connectivity index (χ0n) is 11.8. The minimum atomic E-state index is -3.79. The molecular formula is C13H18Cl2N2O3S. The second-order valence-electron chi connectivity index (χ2n) is 5.36. The number of ether oxygens (including phenoxy) is 1. The van der Waals surface area contributed by atoms with Gasteiger partial charge in [-0.15, -0.1) is 0 Å². The first-order valence-electron chi connectivity index (χ1n) is 6.53. The van der Waals surface area contributed by atoms with Crippen LogP contribution in [0.15, 0.2) is 17.0 Å². The molecule has 0 spiro atoms. The molecule has 2 unspecified atom stereocenters. The van der Waals surface area contributed by atoms with Crippen LogP contribution in [0.3, 0.4) is 0 Å². The van der Waals surface area contributed by atoms with Crippen LogP contribution < -0.4 is 10.5 Å². The maximum atomic E-state index is 12.6. The van der Waals surface area contributed by atoms with Crippen molar-refractivity contribution < 1.29 is 13.2 Å². The molecule has 1 aliphatic heterocycles. The fourth-order valence-corrected chi connectivity index (χ4v) is 4.63. The summed E-state index contributed by atoms with van der Waals surface area (Å²) in [6.07, 6.45) is 0.384. The highest BCUT2D eigenvalue weighted by atomic mass is 35.5. The monoisotopic (exact) mass is 352 g/mol. The first-order valence-corrected chi connectivity index (χ1v) is 8.77. The molecular weight excluding hydrogens is 335 g/mol. The van der Waals surface area contributed by atoms with Gasteiger partial charge in [-0.05, 0) is 38.0 Å². The van der Waals surface area contributed by atoms with E-state index in [4.69, 9.17) is 33.7 Å². The third-order valence-corrected chi connectivity index (χ3v) is 6.29. The van der Waals surface area contributed by atoms with Crippen molar-refractivity contribution in [2.75, 3.05) is 6.61 Å². The molecule has 118 valence electrons. The van der Waals surface area contributed by atoms with Gasteiger partial charge in [0.1, 0.15) is 4.90 Å². The van der Waals surface area contributed by atoms with E-state index in [1.54, 1.807) is 0 Å². The number of nitrogens with one attached hydrogen (secondary N) is 1. The van der Waals surface area contributed by atoms with Crippen molar-refractivity contribution >= 4 is 33.2 Å². The quantitative estimate of drug-likeness (QED) is 0.870. The molecule has 1 fully saturated rings. The number of sulfonamides is 1. The third-order valence-electron chi connectivity index (χ3n) is 3.86. The average Bonchev–Trinajstić information content (AvgIpc) is 2.68. The lowest BCUT2D eigenvalue weighted by Gasteiger charge is -2.28. The van der Waals surface area contributed by atoms with Crippen LogP contribution in [0.1, 0.15) is 25.8 Å². The Morgan fingerprint density at radius 2 is 2.10 bits per heavy atom. The Labute approximate surface area is 134 Å². The second kappa shape index (κ2) is 6.02. The Bertz CT molecular complexity index is 651. The van der Waals surface area contributed by atoms with Crippen LogP contribution in [0.5, 0.6) is 0 Å². The third kappa shape index (κ3) is 3.36. The van der Waals surface area contributed by atoms with Crippen molar-refractivity contribution in [2.24, 2.45) is 5.73 Å². The van der Waals surface area contributed by atoms with Crippen molar-refractivity contribution in [3.63, 3.8) is 0 Å². The van der Waals surface area contributed by atoms with E-state index < -0.39 is 15.6 Å². The summed E-state index contributed by atoms with van der Waals surface area (Å²) in [5.74, 6) is 0. The van der Waals surface area contributed by atoms with E-state index >= 15 is 0 Å². The zero-order valence-corrected chi connectivity index (χ0v) is 14.1. The predicted octanol–water partition coefficient (Wildman–Crippen LogP) is 2.30. The van der Waals surface area contributed by atoms with Gasteiger partial charge in [-0.25, -0.2) is 13.1 Å². The molecule has 0 amide bonds. The van der Waals surface area contributed by atoms with Crippen molar-refractivity contribution in [1.82, 2.24) is 4.72 Å². The highest BCUT2D eigenvalue weighted by Crippen LogP contribution is 2.32. The van der Waals surface area contributed by atoms with Crippen LogP contribution in [0.2, 0.25) is 10.0 Å². The number of benzene rings is 1. The summed E-state index contributed by atoms with van der Waals surface area (Å²) >= 11 is 12.0. The first kappa shape index (κ1) is 17.0. The number of nitrogens with two attached hydrogens (primary N) is 1. The molecule has 1 aromatic carbocycles. The van der Waals surface area contributed by atoms with E-state index in [1.807, 2.05) is 13.8 Å². The highest BCUT2D eigenvalue weighted by Gasteiger charge is 2.41. The Balaban J connectivity index is 2.40. The van der Waals surface area contributed by atoms with Crippen LogP contribution >= 0.6 is 23.2 Å². The van der Waals surface area contributed by atoms with Gasteiger partial charge in [0, 0.05) is 18.2 Å². The van der Waals surface area contributed by atoms with Gasteiger partial charge >= 0.3 is 0 Å². The van der Waals surface area contributed by atoms with Gasteiger partial charge in [-0.3, -0.25) is 0 Å². The van der Waals surface area contributed by atoms with Crippen molar-refractivity contribution in [1.29, 1.82) is 0 Å². The van der Waals surface area contributed by atoms with Crippen LogP contribution in [-0.2, 0) is 21.3 Å². The average molecular weight is 353 g/mol. The smallest absolute Gasteiger partial charge is 0.242 e. The maximum absolute atomic E-state index is 12.6. The molecule has 0 bridgehead atoms. The summed E-state index contributed by atoms with van der Waals surface area (Å²) < 4.78 is 33.3. The van der Waals surface area contributed by atoms with Gasteiger partial charge in [0.2, 0.25) is 10.0 Å². The topological polar surface area (TPSA) is 81.4 Å². The summed E-state index contributed by atoms with van der Waals surface area (Å²) in [5, 5.41) is 0.421. The predicted molar refractivity (Wildman–Crippen MR) is 83.1 cm³/mol. The Hall–Kier alpha value is -0.370. The van der Waals surface area contributed by atoms with Gasteiger partial charge in [0.15, 0.2) is 0 Å². The molecule has 1 saturated heterocycles. The van der Waals surface area contributed by atoms with E-state index in [0.29, 0.717) is 23.6 Å². The Morgan fingerprint density at radius 3 is 2.62 bits per heavy atom. The largest absolute Gasteiger partial charge is 0.376 e. The molecule has 1 aliphatic rings. The molecule has 5 nitrogen and oxygen atoms in total.